The first-order valence-electron chi connectivity index (χ1n) is 7.18. The first-order chi connectivity index (χ1) is 9.81. The number of thiocarbonyl (C=S) groups is 1. The second-order valence-corrected chi connectivity index (χ2v) is 6.25. The van der Waals surface area contributed by atoms with Gasteiger partial charge in [0.2, 0.25) is 5.91 Å². The highest BCUT2D eigenvalue weighted by Crippen LogP contribution is 2.33. The summed E-state index contributed by atoms with van der Waals surface area (Å²) in [5.41, 5.74) is 8.14. The lowest BCUT2D eigenvalue weighted by Gasteiger charge is -2.19. The van der Waals surface area contributed by atoms with Crippen molar-refractivity contribution >= 4 is 28.8 Å². The smallest absolute Gasteiger partial charge is 0.230 e. The van der Waals surface area contributed by atoms with Gasteiger partial charge in [0, 0.05) is 11.3 Å². The van der Waals surface area contributed by atoms with Crippen LogP contribution in [-0.4, -0.2) is 23.1 Å². The van der Waals surface area contributed by atoms with E-state index in [0.29, 0.717) is 4.99 Å². The highest BCUT2D eigenvalue weighted by Gasteiger charge is 2.41. The molecule has 1 heterocycles. The summed E-state index contributed by atoms with van der Waals surface area (Å²) in [6, 6.07) is 5.59. The molecule has 3 N–H and O–H groups in total. The SMILES string of the molecule is Cc1ccc(C(N)=S)cc1NC(=O)C1C(C)OC(C)C1C. The molecule has 4 atom stereocenters. The zero-order chi connectivity index (χ0) is 15.7. The third kappa shape index (κ3) is 3.24. The van der Waals surface area contributed by atoms with Gasteiger partial charge in [-0.15, -0.1) is 0 Å². The molecule has 114 valence electrons. The average Bonchev–Trinajstić information content (AvgIpc) is 2.65. The van der Waals surface area contributed by atoms with Gasteiger partial charge in [-0.2, -0.15) is 0 Å². The second-order valence-electron chi connectivity index (χ2n) is 5.81. The Hall–Kier alpha value is -1.46. The van der Waals surface area contributed by atoms with Gasteiger partial charge in [-0.25, -0.2) is 0 Å². The van der Waals surface area contributed by atoms with E-state index in [1.807, 2.05) is 39.0 Å². The molecule has 1 aromatic rings. The van der Waals surface area contributed by atoms with Crippen LogP contribution in [-0.2, 0) is 9.53 Å². The van der Waals surface area contributed by atoms with Crippen molar-refractivity contribution in [3.8, 4) is 0 Å². The largest absolute Gasteiger partial charge is 0.389 e. The quantitative estimate of drug-likeness (QED) is 0.843. The molecular weight excluding hydrogens is 284 g/mol. The minimum Gasteiger partial charge on any atom is -0.389 e. The van der Waals surface area contributed by atoms with Gasteiger partial charge in [0.05, 0.1) is 18.1 Å². The van der Waals surface area contributed by atoms with Crippen molar-refractivity contribution in [2.75, 3.05) is 5.32 Å². The summed E-state index contributed by atoms with van der Waals surface area (Å²) < 4.78 is 5.74. The summed E-state index contributed by atoms with van der Waals surface area (Å²) >= 11 is 4.98. The second kappa shape index (κ2) is 6.12. The number of anilines is 1. The van der Waals surface area contributed by atoms with Gasteiger partial charge in [-0.3, -0.25) is 4.79 Å². The molecule has 21 heavy (non-hydrogen) atoms. The standard InChI is InChI=1S/C16H22N2O2S/c1-8-5-6-12(15(17)21)7-13(8)18-16(19)14-9(2)10(3)20-11(14)4/h5-7,9-11,14H,1-4H3,(H2,17,21)(H,18,19). The third-order valence-electron chi connectivity index (χ3n) is 4.32. The molecule has 1 amide bonds. The number of aryl methyl sites for hydroxylation is 1. The summed E-state index contributed by atoms with van der Waals surface area (Å²) in [6.07, 6.45) is 0.0221. The van der Waals surface area contributed by atoms with Crippen LogP contribution in [0.2, 0.25) is 0 Å². The number of rotatable bonds is 3. The van der Waals surface area contributed by atoms with Gasteiger partial charge >= 0.3 is 0 Å². The van der Waals surface area contributed by atoms with Gasteiger partial charge in [-0.1, -0.05) is 31.3 Å². The molecule has 1 saturated heterocycles. The molecule has 0 radical (unpaired) electrons. The molecule has 1 aliphatic heterocycles. The van der Waals surface area contributed by atoms with E-state index in [0.717, 1.165) is 16.8 Å². The Morgan fingerprint density at radius 1 is 1.29 bits per heavy atom. The van der Waals surface area contributed by atoms with E-state index in [2.05, 4.69) is 12.2 Å². The van der Waals surface area contributed by atoms with E-state index >= 15 is 0 Å². The van der Waals surface area contributed by atoms with Crippen molar-refractivity contribution in [1.29, 1.82) is 0 Å². The summed E-state index contributed by atoms with van der Waals surface area (Å²) in [7, 11) is 0. The molecule has 4 unspecified atom stereocenters. The lowest BCUT2D eigenvalue weighted by molar-refractivity contribution is -0.121. The monoisotopic (exact) mass is 306 g/mol. The number of ether oxygens (including phenoxy) is 1. The van der Waals surface area contributed by atoms with Crippen LogP contribution in [0.3, 0.4) is 0 Å². The molecular formula is C16H22N2O2S. The van der Waals surface area contributed by atoms with Crippen LogP contribution in [0.25, 0.3) is 0 Å². The van der Waals surface area contributed by atoms with Crippen molar-refractivity contribution < 1.29 is 9.53 Å². The summed E-state index contributed by atoms with van der Waals surface area (Å²) in [6.45, 7) is 7.95. The van der Waals surface area contributed by atoms with Gasteiger partial charge in [0.25, 0.3) is 0 Å². The number of amides is 1. The van der Waals surface area contributed by atoms with Gasteiger partial charge in [-0.05, 0) is 38.3 Å². The number of benzene rings is 1. The highest BCUT2D eigenvalue weighted by atomic mass is 32.1. The summed E-state index contributed by atoms with van der Waals surface area (Å²) in [4.78, 5) is 12.9. The third-order valence-corrected chi connectivity index (χ3v) is 4.56. The Kier molecular flexibility index (Phi) is 4.64. The highest BCUT2D eigenvalue weighted by molar-refractivity contribution is 7.80. The average molecular weight is 306 g/mol. The van der Waals surface area contributed by atoms with Gasteiger partial charge in [0.1, 0.15) is 4.99 Å². The van der Waals surface area contributed by atoms with Crippen molar-refractivity contribution in [1.82, 2.24) is 0 Å². The number of nitrogens with two attached hydrogens (primary N) is 1. The number of hydrogen-bond donors (Lipinski definition) is 2. The van der Waals surface area contributed by atoms with Crippen LogP contribution >= 0.6 is 12.2 Å². The van der Waals surface area contributed by atoms with Crippen LogP contribution in [0.4, 0.5) is 5.69 Å². The van der Waals surface area contributed by atoms with Crippen LogP contribution in [0, 0.1) is 18.8 Å². The molecule has 2 rings (SSSR count). The predicted molar refractivity (Wildman–Crippen MR) is 88.4 cm³/mol. The number of carbonyl (C=O) groups excluding carboxylic acids is 1. The van der Waals surface area contributed by atoms with Crippen molar-refractivity contribution in [2.24, 2.45) is 17.6 Å². The van der Waals surface area contributed by atoms with E-state index in [-0.39, 0.29) is 30.0 Å². The Morgan fingerprint density at radius 2 is 1.95 bits per heavy atom. The zero-order valence-corrected chi connectivity index (χ0v) is 13.7. The molecule has 0 saturated carbocycles. The molecule has 1 aliphatic rings. The lowest BCUT2D eigenvalue weighted by Crippen LogP contribution is -2.32. The van der Waals surface area contributed by atoms with Crippen molar-refractivity contribution in [2.45, 2.75) is 39.9 Å². The van der Waals surface area contributed by atoms with E-state index in [9.17, 15) is 4.79 Å². The molecule has 0 aromatic heterocycles. The fourth-order valence-corrected chi connectivity index (χ4v) is 2.97. The van der Waals surface area contributed by atoms with Crippen LogP contribution in [0.15, 0.2) is 18.2 Å². The Balaban J connectivity index is 2.20. The van der Waals surface area contributed by atoms with Gasteiger partial charge in [0.15, 0.2) is 0 Å². The molecule has 4 nitrogen and oxygen atoms in total. The topological polar surface area (TPSA) is 64.3 Å². The first kappa shape index (κ1) is 15.9. The number of nitrogens with one attached hydrogen (secondary N) is 1. The Labute approximate surface area is 131 Å². The van der Waals surface area contributed by atoms with E-state index in [1.165, 1.54) is 0 Å². The lowest BCUT2D eigenvalue weighted by atomic mass is 9.88. The summed E-state index contributed by atoms with van der Waals surface area (Å²) in [5.74, 6) is 0.0366. The minimum atomic E-state index is -0.145. The normalized spacial score (nSPS) is 28.4. The van der Waals surface area contributed by atoms with E-state index < -0.39 is 0 Å². The number of hydrogen-bond acceptors (Lipinski definition) is 3. The maximum absolute atomic E-state index is 12.6. The molecule has 0 spiro atoms. The van der Waals surface area contributed by atoms with Crippen molar-refractivity contribution in [3.05, 3.63) is 29.3 Å². The summed E-state index contributed by atoms with van der Waals surface area (Å²) in [5, 5.41) is 2.99. The van der Waals surface area contributed by atoms with Crippen LogP contribution < -0.4 is 11.1 Å². The maximum Gasteiger partial charge on any atom is 0.230 e. The van der Waals surface area contributed by atoms with E-state index in [1.54, 1.807) is 0 Å². The fourth-order valence-electron chi connectivity index (χ4n) is 2.84. The molecule has 0 bridgehead atoms. The van der Waals surface area contributed by atoms with Crippen LogP contribution in [0.5, 0.6) is 0 Å². The fraction of sp³-hybridized carbons (Fsp3) is 0.500. The predicted octanol–water partition coefficient (Wildman–Crippen LogP) is 2.63. The maximum atomic E-state index is 12.6. The van der Waals surface area contributed by atoms with Crippen molar-refractivity contribution in [3.63, 3.8) is 0 Å². The molecule has 0 aliphatic carbocycles. The van der Waals surface area contributed by atoms with Gasteiger partial charge < -0.3 is 15.8 Å². The minimum absolute atomic E-state index is 0.0115. The van der Waals surface area contributed by atoms with E-state index in [4.69, 9.17) is 22.7 Å². The molecule has 5 heteroatoms. The number of carbonyl (C=O) groups is 1. The Morgan fingerprint density at radius 3 is 2.48 bits per heavy atom. The zero-order valence-electron chi connectivity index (χ0n) is 12.8. The molecule has 1 fully saturated rings. The van der Waals surface area contributed by atoms with Crippen LogP contribution in [0.1, 0.15) is 31.9 Å². The molecule has 1 aromatic carbocycles. The first-order valence-corrected chi connectivity index (χ1v) is 7.59. The Bertz CT molecular complexity index is 573.